The molecule has 0 aliphatic heterocycles. The van der Waals surface area contributed by atoms with Crippen LogP contribution >= 0.6 is 11.3 Å². The molecule has 0 aliphatic rings. The molecule has 1 amide bonds. The molecule has 0 bridgehead atoms. The number of benzene rings is 2. The number of carbonyl (C=O) groups excluding carboxylic acids is 1. The molecule has 0 aliphatic carbocycles. The summed E-state index contributed by atoms with van der Waals surface area (Å²) < 4.78 is 14.0. The number of thiazole rings is 1. The molecule has 2 aromatic carbocycles. The zero-order valence-electron chi connectivity index (χ0n) is 26.5. The number of amides is 1. The number of hydrogen-bond acceptors (Lipinski definition) is 4. The average molecular weight is 594 g/mol. The Hall–Kier alpha value is -2.86. The van der Waals surface area contributed by atoms with Crippen molar-refractivity contribution < 1.29 is 18.8 Å². The minimum absolute atomic E-state index is 0.0976. The highest BCUT2D eigenvalue weighted by Gasteiger charge is 2.17. The summed E-state index contributed by atoms with van der Waals surface area (Å²) in [5.74, 6) is 1.58. The van der Waals surface area contributed by atoms with Crippen molar-refractivity contribution in [3.8, 4) is 11.5 Å². The van der Waals surface area contributed by atoms with Crippen molar-refractivity contribution in [2.75, 3.05) is 18.6 Å². The quantitative estimate of drug-likeness (QED) is 0.0913. The Kier molecular flexibility index (Phi) is 15.5. The molecule has 0 atom stereocenters. The lowest BCUT2D eigenvalue weighted by atomic mass is 10.1. The molecule has 3 aromatic rings. The lowest BCUT2D eigenvalue weighted by Crippen LogP contribution is -2.31. The summed E-state index contributed by atoms with van der Waals surface area (Å²) in [6, 6.07) is 14.3. The van der Waals surface area contributed by atoms with Gasteiger partial charge in [-0.25, -0.2) is 0 Å². The minimum Gasteiger partial charge on any atom is -0.493 e. The predicted octanol–water partition coefficient (Wildman–Crippen LogP) is 9.42. The number of hydrogen-bond donors (Lipinski definition) is 0. The van der Waals surface area contributed by atoms with Gasteiger partial charge in [0.05, 0.1) is 25.1 Å². The Morgan fingerprint density at radius 3 is 2.00 bits per heavy atom. The van der Waals surface area contributed by atoms with Crippen LogP contribution in [0.3, 0.4) is 0 Å². The van der Waals surface area contributed by atoms with E-state index in [0.29, 0.717) is 19.6 Å². The van der Waals surface area contributed by atoms with Crippen LogP contribution in [0.1, 0.15) is 113 Å². The van der Waals surface area contributed by atoms with Crippen LogP contribution in [0.5, 0.6) is 11.5 Å². The van der Waals surface area contributed by atoms with Crippen LogP contribution in [0.25, 0.3) is 0 Å². The topological polar surface area (TPSA) is 42.7 Å². The van der Waals surface area contributed by atoms with Crippen molar-refractivity contribution in [2.24, 2.45) is 0 Å². The Bertz CT molecular complexity index is 1170. The van der Waals surface area contributed by atoms with Crippen LogP contribution < -0.4 is 18.9 Å². The van der Waals surface area contributed by atoms with E-state index in [4.69, 9.17) is 9.47 Å². The number of anilines is 1. The molecule has 0 N–H and O–H groups in total. The third-order valence-electron chi connectivity index (χ3n) is 7.76. The highest BCUT2D eigenvalue weighted by molar-refractivity contribution is 7.09. The number of unbranched alkanes of at least 4 members (excludes halogenated alkanes) is 11. The number of methoxy groups -OCH3 is 1. The van der Waals surface area contributed by atoms with Gasteiger partial charge in [-0.2, -0.15) is 4.57 Å². The first-order chi connectivity index (χ1) is 20.5. The Labute approximate surface area is 258 Å². The summed E-state index contributed by atoms with van der Waals surface area (Å²) in [5.41, 5.74) is 5.28. The van der Waals surface area contributed by atoms with E-state index in [1.807, 2.05) is 30.0 Å². The second-order valence-corrected chi connectivity index (χ2v) is 12.4. The van der Waals surface area contributed by atoms with Gasteiger partial charge in [0.2, 0.25) is 11.4 Å². The number of rotatable bonds is 21. The molecule has 0 spiro atoms. The Morgan fingerprint density at radius 1 is 0.810 bits per heavy atom. The fourth-order valence-electron chi connectivity index (χ4n) is 5.27. The van der Waals surface area contributed by atoms with E-state index in [1.54, 1.807) is 18.4 Å². The van der Waals surface area contributed by atoms with Gasteiger partial charge < -0.3 is 14.4 Å². The van der Waals surface area contributed by atoms with Gasteiger partial charge in [0.15, 0.2) is 24.2 Å². The van der Waals surface area contributed by atoms with Crippen LogP contribution in [0, 0.1) is 6.92 Å². The second-order valence-electron chi connectivity index (χ2n) is 11.4. The van der Waals surface area contributed by atoms with Gasteiger partial charge >= 0.3 is 0 Å². The van der Waals surface area contributed by atoms with E-state index in [2.05, 4.69) is 54.4 Å². The third-order valence-corrected chi connectivity index (χ3v) is 8.62. The number of nitrogens with zero attached hydrogens (tertiary/aromatic N) is 2. The highest BCUT2D eigenvalue weighted by atomic mass is 32.1. The summed E-state index contributed by atoms with van der Waals surface area (Å²) in [7, 11) is 1.68. The molecular weight excluding hydrogens is 540 g/mol. The summed E-state index contributed by atoms with van der Waals surface area (Å²) in [6.07, 6.45) is 18.5. The van der Waals surface area contributed by atoms with Crippen molar-refractivity contribution in [3.63, 3.8) is 0 Å². The fourth-order valence-corrected chi connectivity index (χ4v) is 5.91. The zero-order valence-corrected chi connectivity index (χ0v) is 27.4. The molecule has 1 heterocycles. The smallest absolute Gasteiger partial charge is 0.227 e. The van der Waals surface area contributed by atoms with Crippen molar-refractivity contribution in [1.82, 2.24) is 0 Å². The van der Waals surface area contributed by atoms with Gasteiger partial charge in [-0.1, -0.05) is 114 Å². The first-order valence-electron chi connectivity index (χ1n) is 16.2. The molecule has 0 fully saturated rings. The third kappa shape index (κ3) is 11.8. The van der Waals surface area contributed by atoms with E-state index in [0.717, 1.165) is 35.7 Å². The van der Waals surface area contributed by atoms with Crippen molar-refractivity contribution in [2.45, 2.75) is 117 Å². The van der Waals surface area contributed by atoms with Crippen LogP contribution in [-0.4, -0.2) is 19.6 Å². The largest absolute Gasteiger partial charge is 0.493 e. The molecule has 230 valence electrons. The van der Waals surface area contributed by atoms with Crippen LogP contribution in [0.15, 0.2) is 54.2 Å². The van der Waals surface area contributed by atoms with E-state index >= 15 is 0 Å². The standard InChI is InChI=1S/C36H53N2O3S/c1-5-7-8-9-10-11-12-13-14-15-16-17-24-41-35-25-32(20-23-34(35)40-4)28-38(36(39)6-2)33-21-18-31(19-22-33)27-37-26-30(3)42-29-37/h18-23,25-26,29H,5-17,24,27-28H2,1-4H3/q+1. The maximum atomic E-state index is 13.0. The normalized spacial score (nSPS) is 11.0. The maximum Gasteiger partial charge on any atom is 0.227 e. The lowest BCUT2D eigenvalue weighted by Gasteiger charge is -2.23. The Morgan fingerprint density at radius 2 is 1.43 bits per heavy atom. The average Bonchev–Trinajstić information content (AvgIpc) is 3.42. The predicted molar refractivity (Wildman–Crippen MR) is 176 cm³/mol. The second kappa shape index (κ2) is 19.4. The van der Waals surface area contributed by atoms with Crippen LogP contribution in [0.4, 0.5) is 5.69 Å². The van der Waals surface area contributed by atoms with Gasteiger partial charge in [-0.05, 0) is 43.2 Å². The lowest BCUT2D eigenvalue weighted by molar-refractivity contribution is -0.683. The first-order valence-corrected chi connectivity index (χ1v) is 17.0. The number of ether oxygens (including phenoxy) is 2. The minimum atomic E-state index is 0.0976. The first kappa shape index (κ1) is 33.6. The highest BCUT2D eigenvalue weighted by Crippen LogP contribution is 2.30. The molecule has 0 unspecified atom stereocenters. The van der Waals surface area contributed by atoms with Gasteiger partial charge in [0.1, 0.15) is 0 Å². The SMILES string of the molecule is CCCCCCCCCCCCCCOc1cc(CN(C(=O)CC)c2ccc(C[n+]3csc(C)c3)cc2)ccc1OC. The van der Waals surface area contributed by atoms with Gasteiger partial charge in [-0.3, -0.25) is 4.79 Å². The molecule has 0 saturated carbocycles. The van der Waals surface area contributed by atoms with Gasteiger partial charge in [0, 0.05) is 17.7 Å². The van der Waals surface area contributed by atoms with E-state index in [9.17, 15) is 4.79 Å². The Balaban J connectivity index is 1.47. The number of carbonyl (C=O) groups is 1. The van der Waals surface area contributed by atoms with Crippen molar-refractivity contribution in [3.05, 3.63) is 70.2 Å². The summed E-state index contributed by atoms with van der Waals surface area (Å²) in [5, 5.41) is 0. The molecule has 6 heteroatoms. The summed E-state index contributed by atoms with van der Waals surface area (Å²) in [4.78, 5) is 16.1. The fraction of sp³-hybridized carbons (Fsp3) is 0.556. The molecule has 0 radical (unpaired) electrons. The van der Waals surface area contributed by atoms with Crippen LogP contribution in [0.2, 0.25) is 0 Å². The monoisotopic (exact) mass is 593 g/mol. The molecule has 42 heavy (non-hydrogen) atoms. The van der Waals surface area contributed by atoms with E-state index in [1.165, 1.54) is 81.1 Å². The molecule has 0 saturated heterocycles. The molecular formula is C36H53N2O3S+. The van der Waals surface area contributed by atoms with E-state index in [-0.39, 0.29) is 5.91 Å². The van der Waals surface area contributed by atoms with E-state index < -0.39 is 0 Å². The van der Waals surface area contributed by atoms with Gasteiger partial charge in [-0.15, -0.1) is 0 Å². The molecule has 1 aromatic heterocycles. The van der Waals surface area contributed by atoms with Crippen molar-refractivity contribution in [1.29, 1.82) is 0 Å². The zero-order chi connectivity index (χ0) is 30.0. The molecule has 5 nitrogen and oxygen atoms in total. The maximum absolute atomic E-state index is 13.0. The molecule has 3 rings (SSSR count). The number of aryl methyl sites for hydroxylation is 1. The van der Waals surface area contributed by atoms with Crippen LogP contribution in [-0.2, 0) is 17.9 Å². The number of aromatic nitrogens is 1. The summed E-state index contributed by atoms with van der Waals surface area (Å²) >= 11 is 1.75. The van der Waals surface area contributed by atoms with Gasteiger partial charge in [0.25, 0.3) is 0 Å². The summed E-state index contributed by atoms with van der Waals surface area (Å²) in [6.45, 7) is 8.30. The van der Waals surface area contributed by atoms with Crippen molar-refractivity contribution >= 4 is 22.9 Å².